The molecule has 0 saturated carbocycles. The molecular weight excluding hydrogens is 300 g/mol. The molecule has 1 aromatic carbocycles. The fourth-order valence-electron chi connectivity index (χ4n) is 3.02. The normalized spacial score (nSPS) is 18.2. The van der Waals surface area contributed by atoms with Gasteiger partial charge in [0.05, 0.1) is 6.04 Å². The van der Waals surface area contributed by atoms with Gasteiger partial charge in [0.15, 0.2) is 0 Å². The van der Waals surface area contributed by atoms with Crippen molar-refractivity contribution in [1.82, 2.24) is 15.2 Å². The molecule has 126 valence electrons. The number of hydrogen-bond acceptors (Lipinski definition) is 4. The number of hydrogen-bond donors (Lipinski definition) is 1. The van der Waals surface area contributed by atoms with Crippen molar-refractivity contribution < 1.29 is 4.79 Å². The van der Waals surface area contributed by atoms with Gasteiger partial charge in [-0.1, -0.05) is 36.4 Å². The minimum Gasteiger partial charge on any atom is -0.363 e. The highest BCUT2D eigenvalue weighted by Crippen LogP contribution is 2.16. The van der Waals surface area contributed by atoms with Crippen molar-refractivity contribution in [3.8, 4) is 0 Å². The van der Waals surface area contributed by atoms with Gasteiger partial charge in [0.25, 0.3) is 0 Å². The SMILES string of the molecule is CN(C)c1ccc(CN2CCNC(=O)[C@@H]2Cc2ccccc2)cn1. The fraction of sp³-hybridized carbons (Fsp3) is 0.368. The van der Waals surface area contributed by atoms with E-state index in [9.17, 15) is 4.79 Å². The molecule has 1 N–H and O–H groups in total. The maximum Gasteiger partial charge on any atom is 0.237 e. The molecule has 5 heteroatoms. The molecule has 1 aromatic heterocycles. The molecule has 0 bridgehead atoms. The number of carbonyl (C=O) groups is 1. The topological polar surface area (TPSA) is 48.5 Å². The molecule has 1 aliphatic rings. The summed E-state index contributed by atoms with van der Waals surface area (Å²) in [4.78, 5) is 21.1. The predicted molar refractivity (Wildman–Crippen MR) is 95.9 cm³/mol. The summed E-state index contributed by atoms with van der Waals surface area (Å²) in [6.45, 7) is 2.30. The molecule has 1 fully saturated rings. The molecule has 24 heavy (non-hydrogen) atoms. The van der Waals surface area contributed by atoms with Crippen LogP contribution >= 0.6 is 0 Å². The van der Waals surface area contributed by atoms with E-state index in [-0.39, 0.29) is 11.9 Å². The van der Waals surface area contributed by atoms with Crippen LogP contribution in [0.3, 0.4) is 0 Å². The third-order valence-electron chi connectivity index (χ3n) is 4.37. The van der Waals surface area contributed by atoms with E-state index in [2.05, 4.69) is 33.4 Å². The Labute approximate surface area is 143 Å². The fourth-order valence-corrected chi connectivity index (χ4v) is 3.02. The smallest absolute Gasteiger partial charge is 0.237 e. The maximum atomic E-state index is 12.4. The molecule has 1 aliphatic heterocycles. The molecule has 3 rings (SSSR count). The molecule has 5 nitrogen and oxygen atoms in total. The summed E-state index contributed by atoms with van der Waals surface area (Å²) in [5.41, 5.74) is 2.32. The van der Waals surface area contributed by atoms with E-state index < -0.39 is 0 Å². The zero-order valence-electron chi connectivity index (χ0n) is 14.3. The quantitative estimate of drug-likeness (QED) is 0.909. The summed E-state index contributed by atoms with van der Waals surface area (Å²) in [5.74, 6) is 1.05. The lowest BCUT2D eigenvalue weighted by molar-refractivity contribution is -0.129. The molecule has 2 aromatic rings. The Bertz CT molecular complexity index is 670. The van der Waals surface area contributed by atoms with E-state index in [1.807, 2.05) is 49.5 Å². The summed E-state index contributed by atoms with van der Waals surface area (Å²) in [5, 5.41) is 2.99. The van der Waals surface area contributed by atoms with Crippen molar-refractivity contribution in [1.29, 1.82) is 0 Å². The summed E-state index contributed by atoms with van der Waals surface area (Å²) in [7, 11) is 3.96. The van der Waals surface area contributed by atoms with Crippen LogP contribution in [-0.2, 0) is 17.8 Å². The standard InChI is InChI=1S/C19H24N4O/c1-22(2)18-9-8-16(13-21-18)14-23-11-10-20-19(24)17(23)12-15-6-4-3-5-7-15/h3-9,13,17H,10-12,14H2,1-2H3,(H,20,24)/t17-/m0/s1. The molecule has 1 amide bonds. The Morgan fingerprint density at radius 3 is 2.62 bits per heavy atom. The lowest BCUT2D eigenvalue weighted by Gasteiger charge is -2.35. The van der Waals surface area contributed by atoms with E-state index in [1.165, 1.54) is 5.56 Å². The molecule has 0 aliphatic carbocycles. The average Bonchev–Trinajstić information content (AvgIpc) is 2.59. The van der Waals surface area contributed by atoms with Gasteiger partial charge in [-0.2, -0.15) is 0 Å². The number of pyridine rings is 1. The second-order valence-electron chi connectivity index (χ2n) is 6.39. The van der Waals surface area contributed by atoms with Gasteiger partial charge in [0.1, 0.15) is 5.82 Å². The molecule has 0 spiro atoms. The van der Waals surface area contributed by atoms with Gasteiger partial charge in [-0.05, 0) is 23.6 Å². The molecule has 1 saturated heterocycles. The molecule has 0 radical (unpaired) electrons. The van der Waals surface area contributed by atoms with Gasteiger partial charge in [0, 0.05) is 39.9 Å². The van der Waals surface area contributed by atoms with E-state index in [0.29, 0.717) is 6.54 Å². The minimum absolute atomic E-state index is 0.114. The second kappa shape index (κ2) is 7.45. The zero-order valence-corrected chi connectivity index (χ0v) is 14.3. The van der Waals surface area contributed by atoms with Gasteiger partial charge < -0.3 is 10.2 Å². The number of anilines is 1. The first-order valence-electron chi connectivity index (χ1n) is 8.31. The minimum atomic E-state index is -0.130. The Morgan fingerprint density at radius 1 is 1.17 bits per heavy atom. The Balaban J connectivity index is 1.72. The number of amides is 1. The third kappa shape index (κ3) is 3.92. The molecule has 0 unspecified atom stereocenters. The predicted octanol–water partition coefficient (Wildman–Crippen LogP) is 1.69. The number of nitrogens with zero attached hydrogens (tertiary/aromatic N) is 3. The zero-order chi connectivity index (χ0) is 16.9. The Hall–Kier alpha value is -2.40. The summed E-state index contributed by atoms with van der Waals surface area (Å²) >= 11 is 0. The monoisotopic (exact) mass is 324 g/mol. The van der Waals surface area contributed by atoms with Crippen molar-refractivity contribution in [2.24, 2.45) is 0 Å². The van der Waals surface area contributed by atoms with Crippen molar-refractivity contribution in [3.63, 3.8) is 0 Å². The van der Waals surface area contributed by atoms with E-state index >= 15 is 0 Å². The number of piperazine rings is 1. The number of carbonyl (C=O) groups excluding carboxylic acids is 1. The van der Waals surface area contributed by atoms with Gasteiger partial charge in [-0.25, -0.2) is 4.98 Å². The lowest BCUT2D eigenvalue weighted by atomic mass is 10.0. The number of rotatable bonds is 5. The van der Waals surface area contributed by atoms with E-state index in [1.54, 1.807) is 0 Å². The first-order valence-corrected chi connectivity index (χ1v) is 8.31. The highest BCUT2D eigenvalue weighted by molar-refractivity contribution is 5.82. The highest BCUT2D eigenvalue weighted by Gasteiger charge is 2.29. The van der Waals surface area contributed by atoms with Crippen molar-refractivity contribution in [2.45, 2.75) is 19.0 Å². The van der Waals surface area contributed by atoms with E-state index in [4.69, 9.17) is 0 Å². The van der Waals surface area contributed by atoms with E-state index in [0.717, 1.165) is 30.9 Å². The summed E-state index contributed by atoms with van der Waals surface area (Å²) < 4.78 is 0. The number of benzene rings is 1. The van der Waals surface area contributed by atoms with Gasteiger partial charge in [0.2, 0.25) is 5.91 Å². The van der Waals surface area contributed by atoms with Crippen LogP contribution in [0, 0.1) is 0 Å². The first kappa shape index (κ1) is 16.5. The van der Waals surface area contributed by atoms with Crippen molar-refractivity contribution in [2.75, 3.05) is 32.1 Å². The second-order valence-corrected chi connectivity index (χ2v) is 6.39. The Kier molecular flexibility index (Phi) is 5.11. The number of aromatic nitrogens is 1. The maximum absolute atomic E-state index is 12.4. The van der Waals surface area contributed by atoms with Crippen LogP contribution in [0.5, 0.6) is 0 Å². The van der Waals surface area contributed by atoms with Gasteiger partial charge >= 0.3 is 0 Å². The van der Waals surface area contributed by atoms with Gasteiger partial charge in [-0.3, -0.25) is 9.69 Å². The van der Waals surface area contributed by atoms with Crippen LogP contribution in [0.1, 0.15) is 11.1 Å². The van der Waals surface area contributed by atoms with Crippen LogP contribution in [0.25, 0.3) is 0 Å². The van der Waals surface area contributed by atoms with Crippen molar-refractivity contribution >= 4 is 11.7 Å². The van der Waals surface area contributed by atoms with Crippen LogP contribution in [0.15, 0.2) is 48.7 Å². The average molecular weight is 324 g/mol. The van der Waals surface area contributed by atoms with Crippen LogP contribution in [0.4, 0.5) is 5.82 Å². The summed E-state index contributed by atoms with van der Waals surface area (Å²) in [6, 6.07) is 14.2. The van der Waals surface area contributed by atoms with Gasteiger partial charge in [-0.15, -0.1) is 0 Å². The molecular formula is C19H24N4O. The lowest BCUT2D eigenvalue weighted by Crippen LogP contribution is -2.55. The summed E-state index contributed by atoms with van der Waals surface area (Å²) in [6.07, 6.45) is 2.64. The molecule has 1 atom stereocenters. The largest absolute Gasteiger partial charge is 0.363 e. The van der Waals surface area contributed by atoms with Crippen LogP contribution in [-0.4, -0.2) is 49.0 Å². The first-order chi connectivity index (χ1) is 11.6. The van der Waals surface area contributed by atoms with Crippen LogP contribution in [0.2, 0.25) is 0 Å². The highest BCUT2D eigenvalue weighted by atomic mass is 16.2. The number of nitrogens with one attached hydrogen (secondary N) is 1. The third-order valence-corrected chi connectivity index (χ3v) is 4.37. The molecule has 2 heterocycles. The van der Waals surface area contributed by atoms with Crippen molar-refractivity contribution in [3.05, 3.63) is 59.8 Å². The van der Waals surface area contributed by atoms with Crippen LogP contribution < -0.4 is 10.2 Å². The Morgan fingerprint density at radius 2 is 1.96 bits per heavy atom.